The number of amides is 1. The highest BCUT2D eigenvalue weighted by atomic mass is 35.5. The van der Waals surface area contributed by atoms with Crippen LogP contribution in [-0.2, 0) is 10.3 Å². The Kier molecular flexibility index (Phi) is 2.93. The molecule has 2 aromatic carbocycles. The molecule has 0 aliphatic carbocycles. The molecule has 4 rings (SSSR count). The van der Waals surface area contributed by atoms with Gasteiger partial charge >= 0.3 is 0 Å². The molecule has 2 aliphatic heterocycles. The van der Waals surface area contributed by atoms with Gasteiger partial charge in [-0.3, -0.25) is 4.79 Å². The van der Waals surface area contributed by atoms with Crippen LogP contribution in [0.15, 0.2) is 48.5 Å². The van der Waals surface area contributed by atoms with Gasteiger partial charge in [-0.05, 0) is 23.8 Å². The van der Waals surface area contributed by atoms with Crippen molar-refractivity contribution in [1.29, 1.82) is 0 Å². The van der Waals surface area contributed by atoms with Crippen LogP contribution in [-0.4, -0.2) is 35.2 Å². The van der Waals surface area contributed by atoms with Crippen LogP contribution in [0, 0.1) is 0 Å². The standard InChI is InChI=1S/C17H14ClNO3/c18-12-6-7-14-13(10-12)17(11-4-2-1-3-5-11)15(20)16(21)19(17)8-9-22-14/h1-7,10,15,20H,8-9H2/t15-,17-/m1/s1. The lowest BCUT2D eigenvalue weighted by Gasteiger charge is -2.55. The van der Waals surface area contributed by atoms with Gasteiger partial charge in [0.1, 0.15) is 17.9 Å². The highest BCUT2D eigenvalue weighted by Crippen LogP contribution is 2.51. The van der Waals surface area contributed by atoms with E-state index in [1.165, 1.54) is 0 Å². The van der Waals surface area contributed by atoms with Crippen LogP contribution in [0.25, 0.3) is 0 Å². The van der Waals surface area contributed by atoms with Crippen LogP contribution in [0.1, 0.15) is 11.1 Å². The Bertz CT molecular complexity index is 749. The predicted octanol–water partition coefficient (Wildman–Crippen LogP) is 2.18. The fourth-order valence-corrected chi connectivity index (χ4v) is 3.67. The average molecular weight is 316 g/mol. The van der Waals surface area contributed by atoms with E-state index in [1.54, 1.807) is 23.1 Å². The first kappa shape index (κ1) is 13.6. The van der Waals surface area contributed by atoms with Gasteiger partial charge in [0.2, 0.25) is 0 Å². The Hall–Kier alpha value is -2.04. The molecule has 112 valence electrons. The summed E-state index contributed by atoms with van der Waals surface area (Å²) in [6.45, 7) is 0.818. The second kappa shape index (κ2) is 4.73. The molecule has 0 radical (unpaired) electrons. The highest BCUT2D eigenvalue weighted by Gasteiger charge is 2.63. The van der Waals surface area contributed by atoms with E-state index in [9.17, 15) is 9.90 Å². The van der Waals surface area contributed by atoms with E-state index in [2.05, 4.69) is 0 Å². The fourth-order valence-electron chi connectivity index (χ4n) is 3.50. The number of aliphatic hydroxyl groups is 1. The van der Waals surface area contributed by atoms with Gasteiger partial charge in [0.15, 0.2) is 6.10 Å². The largest absolute Gasteiger partial charge is 0.491 e. The summed E-state index contributed by atoms with van der Waals surface area (Å²) in [5.41, 5.74) is 0.668. The van der Waals surface area contributed by atoms with Crippen molar-refractivity contribution in [2.45, 2.75) is 11.6 Å². The van der Waals surface area contributed by atoms with E-state index in [0.29, 0.717) is 23.9 Å². The smallest absolute Gasteiger partial charge is 0.255 e. The lowest BCUT2D eigenvalue weighted by molar-refractivity contribution is -0.180. The van der Waals surface area contributed by atoms with Gasteiger partial charge in [0.05, 0.1) is 6.54 Å². The summed E-state index contributed by atoms with van der Waals surface area (Å²) < 4.78 is 5.76. The van der Waals surface area contributed by atoms with Crippen molar-refractivity contribution in [3.05, 3.63) is 64.7 Å². The van der Waals surface area contributed by atoms with Crippen molar-refractivity contribution < 1.29 is 14.6 Å². The van der Waals surface area contributed by atoms with Gasteiger partial charge in [0.25, 0.3) is 5.91 Å². The number of aliphatic hydroxyl groups excluding tert-OH is 1. The number of benzene rings is 2. The quantitative estimate of drug-likeness (QED) is 0.821. The minimum atomic E-state index is -1.13. The number of hydrogen-bond acceptors (Lipinski definition) is 3. The van der Waals surface area contributed by atoms with Crippen LogP contribution in [0.4, 0.5) is 0 Å². The molecule has 2 aromatic rings. The van der Waals surface area contributed by atoms with Crippen LogP contribution < -0.4 is 4.74 Å². The summed E-state index contributed by atoms with van der Waals surface area (Å²) in [5.74, 6) is 0.377. The molecule has 0 spiro atoms. The molecular weight excluding hydrogens is 302 g/mol. The van der Waals surface area contributed by atoms with E-state index >= 15 is 0 Å². The van der Waals surface area contributed by atoms with Crippen molar-refractivity contribution in [1.82, 2.24) is 4.90 Å². The molecule has 4 nitrogen and oxygen atoms in total. The van der Waals surface area contributed by atoms with Crippen LogP contribution >= 0.6 is 11.6 Å². The number of fused-ring (bicyclic) bond motifs is 3. The third-order valence-electron chi connectivity index (χ3n) is 4.46. The molecule has 22 heavy (non-hydrogen) atoms. The van der Waals surface area contributed by atoms with Gasteiger partial charge in [-0.15, -0.1) is 0 Å². The molecular formula is C17H14ClNO3. The summed E-state index contributed by atoms with van der Waals surface area (Å²) in [7, 11) is 0. The number of halogens is 1. The second-order valence-electron chi connectivity index (χ2n) is 5.51. The molecule has 1 amide bonds. The molecule has 2 heterocycles. The maximum absolute atomic E-state index is 12.2. The third kappa shape index (κ3) is 1.59. The summed E-state index contributed by atoms with van der Waals surface area (Å²) in [5, 5.41) is 11.1. The molecule has 0 aromatic heterocycles. The summed E-state index contributed by atoms with van der Waals surface area (Å²) >= 11 is 6.16. The van der Waals surface area contributed by atoms with Crippen molar-refractivity contribution in [2.75, 3.05) is 13.2 Å². The minimum Gasteiger partial charge on any atom is -0.491 e. The first-order valence-corrected chi connectivity index (χ1v) is 7.51. The number of nitrogens with zero attached hydrogens (tertiary/aromatic N) is 1. The number of ether oxygens (including phenoxy) is 1. The molecule has 2 atom stereocenters. The summed E-state index contributed by atoms with van der Waals surface area (Å²) in [6, 6.07) is 14.9. The first-order chi connectivity index (χ1) is 10.7. The topological polar surface area (TPSA) is 49.8 Å². The van der Waals surface area contributed by atoms with Gasteiger partial charge in [-0.1, -0.05) is 41.9 Å². The summed E-state index contributed by atoms with van der Waals surface area (Å²) in [6.07, 6.45) is -1.13. The van der Waals surface area contributed by atoms with Gasteiger partial charge in [-0.2, -0.15) is 0 Å². The van der Waals surface area contributed by atoms with E-state index in [-0.39, 0.29) is 5.91 Å². The molecule has 5 heteroatoms. The van der Waals surface area contributed by atoms with Crippen LogP contribution in [0.2, 0.25) is 5.02 Å². The highest BCUT2D eigenvalue weighted by molar-refractivity contribution is 6.30. The number of hydrogen-bond donors (Lipinski definition) is 1. The maximum Gasteiger partial charge on any atom is 0.255 e. The van der Waals surface area contributed by atoms with E-state index in [1.807, 2.05) is 30.3 Å². The second-order valence-corrected chi connectivity index (χ2v) is 5.95. The monoisotopic (exact) mass is 315 g/mol. The Labute approximate surface area is 132 Å². The van der Waals surface area contributed by atoms with Gasteiger partial charge in [0, 0.05) is 10.6 Å². The molecule has 2 aliphatic rings. The summed E-state index contributed by atoms with van der Waals surface area (Å²) in [4.78, 5) is 13.9. The Balaban J connectivity index is 2.02. The lowest BCUT2D eigenvalue weighted by atomic mass is 9.70. The molecule has 0 saturated carbocycles. The van der Waals surface area contributed by atoms with Crippen molar-refractivity contribution in [2.24, 2.45) is 0 Å². The van der Waals surface area contributed by atoms with E-state index in [4.69, 9.17) is 16.3 Å². The van der Waals surface area contributed by atoms with E-state index < -0.39 is 11.6 Å². The molecule has 1 saturated heterocycles. The van der Waals surface area contributed by atoms with Crippen LogP contribution in [0.3, 0.4) is 0 Å². The van der Waals surface area contributed by atoms with Crippen molar-refractivity contribution in [3.63, 3.8) is 0 Å². The SMILES string of the molecule is O=C1[C@@H](O)[C@@]2(c3ccccc3)c3cc(Cl)ccc3OCCN12. The number of rotatable bonds is 1. The maximum atomic E-state index is 12.2. The zero-order valence-corrected chi connectivity index (χ0v) is 12.5. The Morgan fingerprint density at radius 3 is 2.77 bits per heavy atom. The van der Waals surface area contributed by atoms with Crippen molar-refractivity contribution in [3.8, 4) is 5.75 Å². The molecule has 0 unspecified atom stereocenters. The van der Waals surface area contributed by atoms with E-state index in [0.717, 1.165) is 11.1 Å². The fraction of sp³-hybridized carbons (Fsp3) is 0.235. The normalized spacial score (nSPS) is 26.4. The zero-order chi connectivity index (χ0) is 15.3. The Morgan fingerprint density at radius 2 is 2.00 bits per heavy atom. The van der Waals surface area contributed by atoms with Crippen molar-refractivity contribution >= 4 is 17.5 Å². The zero-order valence-electron chi connectivity index (χ0n) is 11.7. The third-order valence-corrected chi connectivity index (χ3v) is 4.70. The predicted molar refractivity (Wildman–Crippen MR) is 81.9 cm³/mol. The Morgan fingerprint density at radius 1 is 1.23 bits per heavy atom. The van der Waals surface area contributed by atoms with Gasteiger partial charge in [-0.25, -0.2) is 0 Å². The number of β-lactam (4-membered cyclic amide) rings is 1. The van der Waals surface area contributed by atoms with Crippen LogP contribution in [0.5, 0.6) is 5.75 Å². The minimum absolute atomic E-state index is 0.278. The molecule has 0 bridgehead atoms. The number of carbonyl (C=O) groups is 1. The molecule has 1 N–H and O–H groups in total. The first-order valence-electron chi connectivity index (χ1n) is 7.13. The lowest BCUT2D eigenvalue weighted by Crippen LogP contribution is -2.72. The number of carbonyl (C=O) groups excluding carboxylic acids is 1. The molecule has 1 fully saturated rings. The average Bonchev–Trinajstić information content (AvgIpc) is 2.70. The van der Waals surface area contributed by atoms with Gasteiger partial charge < -0.3 is 14.7 Å².